The number of carboxylic acids is 1. The van der Waals surface area contributed by atoms with E-state index in [2.05, 4.69) is 72.5 Å². The summed E-state index contributed by atoms with van der Waals surface area (Å²) >= 11 is 0. The summed E-state index contributed by atoms with van der Waals surface area (Å²) in [5, 5.41) is 9.63. The van der Waals surface area contributed by atoms with Gasteiger partial charge in [-0.2, -0.15) is 0 Å². The van der Waals surface area contributed by atoms with E-state index in [1.54, 1.807) is 12.1 Å². The van der Waals surface area contributed by atoms with Gasteiger partial charge in [0.05, 0.1) is 27.6 Å². The molecule has 0 bridgehead atoms. The molecule has 6 heteroatoms. The molecule has 0 radical (unpaired) electrons. The summed E-state index contributed by atoms with van der Waals surface area (Å²) in [6.07, 6.45) is 9.23. The Kier molecular flexibility index (Phi) is 6.39. The second kappa shape index (κ2) is 10.0. The number of carboxylic acid groups (broad SMARTS) is 1. The molecule has 0 saturated carbocycles. The van der Waals surface area contributed by atoms with Crippen LogP contribution in [-0.4, -0.2) is 30.2 Å². The van der Waals surface area contributed by atoms with E-state index in [4.69, 9.17) is 9.97 Å². The van der Waals surface area contributed by atoms with Gasteiger partial charge in [-0.05, 0) is 66.8 Å². The van der Waals surface area contributed by atoms with Crippen molar-refractivity contribution in [1.29, 1.82) is 0 Å². The summed E-state index contributed by atoms with van der Waals surface area (Å²) < 4.78 is 4.50. The molecule has 1 aliphatic rings. The Labute approximate surface area is 228 Å². The van der Waals surface area contributed by atoms with Gasteiger partial charge >= 0.3 is 5.97 Å². The Morgan fingerprint density at radius 2 is 1.85 bits per heavy atom. The van der Waals surface area contributed by atoms with Crippen molar-refractivity contribution in [3.05, 3.63) is 107 Å². The van der Waals surface area contributed by atoms with Gasteiger partial charge < -0.3 is 14.2 Å². The minimum Gasteiger partial charge on any atom is -0.478 e. The lowest BCUT2D eigenvalue weighted by molar-refractivity contribution is 0.0695. The number of allylic oxidation sites excluding steroid dienone is 4. The Morgan fingerprint density at radius 3 is 2.59 bits per heavy atom. The van der Waals surface area contributed by atoms with Crippen LogP contribution in [0.1, 0.15) is 53.0 Å². The molecule has 0 spiro atoms. The van der Waals surface area contributed by atoms with Crippen molar-refractivity contribution in [1.82, 2.24) is 19.1 Å². The lowest BCUT2D eigenvalue weighted by atomic mass is 9.87. The smallest absolute Gasteiger partial charge is 0.335 e. The van der Waals surface area contributed by atoms with Gasteiger partial charge in [0.1, 0.15) is 11.6 Å². The van der Waals surface area contributed by atoms with Crippen molar-refractivity contribution >= 4 is 28.0 Å². The number of hydrogen-bond acceptors (Lipinski definition) is 3. The maximum atomic E-state index is 11.7. The average Bonchev–Trinajstić information content (AvgIpc) is 3.47. The summed E-state index contributed by atoms with van der Waals surface area (Å²) in [6, 6.07) is 20.0. The number of aromatic nitrogens is 4. The first-order chi connectivity index (χ1) is 18.9. The highest BCUT2D eigenvalue weighted by Gasteiger charge is 2.20. The van der Waals surface area contributed by atoms with Crippen LogP contribution in [0, 0.1) is 6.92 Å². The number of nitrogens with zero attached hydrogens (tertiary/aromatic N) is 4. The van der Waals surface area contributed by atoms with Crippen LogP contribution < -0.4 is 0 Å². The monoisotopic (exact) mass is 516 g/mol. The topological polar surface area (TPSA) is 72.9 Å². The number of fused-ring (bicyclic) bond motifs is 2. The number of hydrogen-bond donors (Lipinski definition) is 1. The Balaban J connectivity index is 1.37. The molecule has 1 aliphatic carbocycles. The van der Waals surface area contributed by atoms with Gasteiger partial charge in [-0.1, -0.05) is 55.5 Å². The van der Waals surface area contributed by atoms with Gasteiger partial charge in [0.15, 0.2) is 0 Å². The van der Waals surface area contributed by atoms with Crippen LogP contribution in [0.2, 0.25) is 0 Å². The number of rotatable bonds is 7. The van der Waals surface area contributed by atoms with Crippen LogP contribution in [0.25, 0.3) is 33.5 Å². The van der Waals surface area contributed by atoms with Crippen LogP contribution >= 0.6 is 0 Å². The Hall–Kier alpha value is -4.45. The standard InChI is InChI=1S/C33H32N4O2/c1-4-9-30-35-31-21(2)18-24(32-34-27-12-7-8-13-28(27)36(32)3)19-29(31)37(30)20-22-14-16-23(17-15-22)25-10-5-6-11-26(25)33(38)39/h5-8,10-16,18-19,23H,4,9,17,20H2,1-3H3,(H,38,39). The predicted octanol–water partition coefficient (Wildman–Crippen LogP) is 7.22. The van der Waals surface area contributed by atoms with Crippen LogP contribution in [0.5, 0.6) is 0 Å². The number of carbonyl (C=O) groups is 1. The van der Waals surface area contributed by atoms with Crippen molar-refractivity contribution in [2.45, 2.75) is 45.6 Å². The number of para-hydroxylation sites is 2. The van der Waals surface area contributed by atoms with E-state index in [1.807, 2.05) is 24.3 Å². The van der Waals surface area contributed by atoms with Crippen molar-refractivity contribution in [3.63, 3.8) is 0 Å². The zero-order valence-electron chi connectivity index (χ0n) is 22.6. The summed E-state index contributed by atoms with van der Waals surface area (Å²) in [7, 11) is 2.07. The molecule has 6 nitrogen and oxygen atoms in total. The summed E-state index contributed by atoms with van der Waals surface area (Å²) in [5.41, 5.74) is 8.93. The maximum absolute atomic E-state index is 11.7. The normalized spacial score (nSPS) is 15.3. The zero-order valence-corrected chi connectivity index (χ0v) is 22.6. The van der Waals surface area contributed by atoms with Gasteiger partial charge in [-0.25, -0.2) is 14.8 Å². The maximum Gasteiger partial charge on any atom is 0.335 e. The molecule has 39 heavy (non-hydrogen) atoms. The second-order valence-corrected chi connectivity index (χ2v) is 10.4. The highest BCUT2D eigenvalue weighted by Crippen LogP contribution is 2.33. The van der Waals surface area contributed by atoms with Gasteiger partial charge in [0, 0.05) is 31.5 Å². The minimum absolute atomic E-state index is 0.0575. The van der Waals surface area contributed by atoms with Gasteiger partial charge in [-0.15, -0.1) is 0 Å². The number of imidazole rings is 2. The highest BCUT2D eigenvalue weighted by molar-refractivity contribution is 5.90. The molecule has 196 valence electrons. The molecule has 2 aromatic heterocycles. The minimum atomic E-state index is -0.880. The fraction of sp³-hybridized carbons (Fsp3) is 0.242. The van der Waals surface area contributed by atoms with Crippen LogP contribution in [0.3, 0.4) is 0 Å². The largest absolute Gasteiger partial charge is 0.478 e. The predicted molar refractivity (Wildman–Crippen MR) is 156 cm³/mol. The number of aryl methyl sites for hydroxylation is 3. The van der Waals surface area contributed by atoms with Gasteiger partial charge in [0.25, 0.3) is 0 Å². The Bertz CT molecular complexity index is 1790. The SMILES string of the molecule is CCCc1nc2c(C)cc(-c3nc4ccccc4n3C)cc2n1CC1=CCC(c2ccccc2C(=O)O)C=C1. The van der Waals surface area contributed by atoms with Crippen molar-refractivity contribution in [3.8, 4) is 11.4 Å². The molecule has 0 aliphatic heterocycles. The lowest BCUT2D eigenvalue weighted by Crippen LogP contribution is -2.10. The van der Waals surface area contributed by atoms with E-state index in [1.165, 1.54) is 5.57 Å². The molecule has 1 atom stereocenters. The molecule has 3 aromatic carbocycles. The van der Waals surface area contributed by atoms with Gasteiger partial charge in [-0.3, -0.25) is 0 Å². The summed E-state index contributed by atoms with van der Waals surface area (Å²) in [5.74, 6) is 1.21. The third kappa shape index (κ3) is 4.46. The molecule has 1 unspecified atom stereocenters. The van der Waals surface area contributed by atoms with Crippen molar-refractivity contribution in [2.75, 3.05) is 0 Å². The zero-order chi connectivity index (χ0) is 27.1. The van der Waals surface area contributed by atoms with Crippen LogP contribution in [-0.2, 0) is 20.0 Å². The third-order valence-corrected chi connectivity index (χ3v) is 7.75. The second-order valence-electron chi connectivity index (χ2n) is 10.4. The molecule has 2 heterocycles. The quantitative estimate of drug-likeness (QED) is 0.248. The molecule has 6 rings (SSSR count). The summed E-state index contributed by atoms with van der Waals surface area (Å²) in [6.45, 7) is 5.04. The van der Waals surface area contributed by atoms with Crippen LogP contribution in [0.15, 0.2) is 84.5 Å². The number of aromatic carboxylic acids is 1. The van der Waals surface area contributed by atoms with E-state index in [0.717, 1.165) is 76.2 Å². The fourth-order valence-corrected chi connectivity index (χ4v) is 5.77. The molecule has 0 saturated heterocycles. The first kappa shape index (κ1) is 24.9. The van der Waals surface area contributed by atoms with Gasteiger partial charge in [0.2, 0.25) is 0 Å². The van der Waals surface area contributed by atoms with E-state index < -0.39 is 5.97 Å². The Morgan fingerprint density at radius 1 is 1.05 bits per heavy atom. The van der Waals surface area contributed by atoms with Crippen molar-refractivity contribution < 1.29 is 9.90 Å². The molecule has 1 N–H and O–H groups in total. The molecule has 0 amide bonds. The van der Waals surface area contributed by atoms with E-state index >= 15 is 0 Å². The average molecular weight is 517 g/mol. The first-order valence-electron chi connectivity index (χ1n) is 13.6. The molecular formula is C33H32N4O2. The fourth-order valence-electron chi connectivity index (χ4n) is 5.77. The van der Waals surface area contributed by atoms with E-state index in [0.29, 0.717) is 5.56 Å². The highest BCUT2D eigenvalue weighted by atomic mass is 16.4. The first-order valence-corrected chi connectivity index (χ1v) is 13.6. The van der Waals surface area contributed by atoms with E-state index in [9.17, 15) is 9.90 Å². The molecular weight excluding hydrogens is 484 g/mol. The van der Waals surface area contributed by atoms with Crippen LogP contribution in [0.4, 0.5) is 0 Å². The lowest BCUT2D eigenvalue weighted by Gasteiger charge is -2.19. The molecule has 0 fully saturated rings. The summed E-state index contributed by atoms with van der Waals surface area (Å²) in [4.78, 5) is 21.8. The number of benzene rings is 3. The third-order valence-electron chi connectivity index (χ3n) is 7.75. The van der Waals surface area contributed by atoms with E-state index in [-0.39, 0.29) is 5.92 Å². The molecule has 5 aromatic rings. The van der Waals surface area contributed by atoms with Crippen molar-refractivity contribution in [2.24, 2.45) is 7.05 Å².